The number of rotatable bonds is 33. The fourth-order valence-corrected chi connectivity index (χ4v) is 15.5. The Balaban J connectivity index is 0.00000104. The van der Waals surface area contributed by atoms with Crippen LogP contribution in [0.1, 0.15) is 99.2 Å². The zero-order valence-corrected chi connectivity index (χ0v) is 67.5. The summed E-state index contributed by atoms with van der Waals surface area (Å²) in [5, 5.41) is 10.8. The number of phosphoric ester groups is 1. The summed E-state index contributed by atoms with van der Waals surface area (Å²) >= 11 is 0. The normalized spacial score (nSPS) is 14.4. The number of carbonyl (C=O) groups is 4. The van der Waals surface area contributed by atoms with Crippen LogP contribution in [-0.4, -0.2) is 163 Å². The molecule has 3 amide bonds. The third kappa shape index (κ3) is 30.4. The van der Waals surface area contributed by atoms with Crippen LogP contribution in [0.2, 0.25) is 0 Å². The van der Waals surface area contributed by atoms with E-state index in [1.165, 1.54) is 74.8 Å². The summed E-state index contributed by atoms with van der Waals surface area (Å²) in [6.07, 6.45) is 6.27. The van der Waals surface area contributed by atoms with Gasteiger partial charge in [0.05, 0.1) is 43.7 Å². The van der Waals surface area contributed by atoms with Gasteiger partial charge in [-0.15, -0.1) is 6.42 Å². The minimum absolute atomic E-state index is 0.0347. The number of ether oxygens (including phenoxy) is 5. The Hall–Kier alpha value is -10.1. The Bertz CT molecular complexity index is 5490. The molecule has 9 N–H and O–H groups in total. The van der Waals surface area contributed by atoms with Crippen LogP contribution in [0.25, 0.3) is 33.4 Å². The first kappa shape index (κ1) is 91.8. The first-order valence-electron chi connectivity index (χ1n) is 33.6. The monoisotopic (exact) mass is 1670 g/mol. The van der Waals surface area contributed by atoms with E-state index in [-0.39, 0.29) is 127 Å². The molecule has 1 aliphatic carbocycles. The Morgan fingerprint density at radius 3 is 2.19 bits per heavy atom. The van der Waals surface area contributed by atoms with Crippen molar-refractivity contribution < 1.29 is 97.5 Å². The highest BCUT2D eigenvalue weighted by molar-refractivity contribution is 8.77. The van der Waals surface area contributed by atoms with E-state index in [0.29, 0.717) is 17.7 Å². The molecule has 1 aromatic heterocycles. The molecule has 1 fully saturated rings. The number of fused-ring (bicyclic) bond motifs is 2. The average Bonchev–Trinajstić information content (AvgIpc) is 1.20. The number of nitrogens with zero attached hydrogens (tertiary/aromatic N) is 3. The fourth-order valence-electron chi connectivity index (χ4n) is 10.1. The lowest BCUT2D eigenvalue weighted by atomic mass is 9.90. The molecule has 0 radical (unpaired) electrons. The van der Waals surface area contributed by atoms with Crippen LogP contribution in [0.3, 0.4) is 0 Å². The highest BCUT2D eigenvalue weighted by atomic mass is 33.1. The van der Waals surface area contributed by atoms with Crippen LogP contribution >= 0.6 is 51.0 Å². The Morgan fingerprint density at radius 1 is 0.876 bits per heavy atom. The van der Waals surface area contributed by atoms with Gasteiger partial charge in [-0.25, -0.2) is 21.6 Å². The number of amides is 3. The van der Waals surface area contributed by atoms with Crippen molar-refractivity contribution >= 4 is 117 Å². The van der Waals surface area contributed by atoms with Crippen molar-refractivity contribution in [1.82, 2.24) is 25.1 Å². The number of benzene rings is 4. The van der Waals surface area contributed by atoms with Crippen molar-refractivity contribution in [2.45, 2.75) is 111 Å². The minimum atomic E-state index is -5.38. The fraction of sp³-hybridized carbons (Fsp3) is 0.338. The molecule has 592 valence electrons. The van der Waals surface area contributed by atoms with Crippen molar-refractivity contribution in [3.63, 3.8) is 0 Å². The van der Waals surface area contributed by atoms with E-state index in [4.69, 9.17) is 56.3 Å². The van der Waals surface area contributed by atoms with Gasteiger partial charge in [0.15, 0.2) is 16.2 Å². The van der Waals surface area contributed by atoms with E-state index in [2.05, 4.69) is 121 Å². The summed E-state index contributed by atoms with van der Waals surface area (Å²) in [6, 6.07) is 17.6. The first-order valence-corrected chi connectivity index (χ1v) is 42.7. The molecule has 3 heterocycles. The number of phosphoric acid groups is 1. The van der Waals surface area contributed by atoms with Gasteiger partial charge >= 0.3 is 5.69 Å². The second-order valence-electron chi connectivity index (χ2n) is 24.3. The minimum Gasteiger partial charge on any atom is -0.756 e. The highest BCUT2D eigenvalue weighted by Crippen LogP contribution is 2.46. The predicted octanol–water partition coefficient (Wildman–Crippen LogP) is 4.28. The van der Waals surface area contributed by atoms with Crippen LogP contribution in [0.5, 0.6) is 5.75 Å². The number of nitrogens with two attached hydrogens (primary N) is 3. The number of Topliss-reactive ketones (excluding diaryl/α,β-unsaturated/α-hetero) is 1. The van der Waals surface area contributed by atoms with Gasteiger partial charge in [-0.3, -0.25) is 33.7 Å². The second kappa shape index (κ2) is 45.0. The summed E-state index contributed by atoms with van der Waals surface area (Å²) in [4.78, 5) is 89.7. The quantitative estimate of drug-likeness (QED) is 0.00489. The average molecular weight is 1670 g/mol. The Kier molecular flexibility index (Phi) is 36.5. The molecular formula is C77H75N8O21PS6-2. The zero-order chi connectivity index (χ0) is 82.9. The summed E-state index contributed by atoms with van der Waals surface area (Å²) in [5.74, 6) is 40.4. The summed E-state index contributed by atoms with van der Waals surface area (Å²) in [7, 11) is -8.48. The number of hydrogen-bond acceptors (Lipinski definition) is 27. The van der Waals surface area contributed by atoms with E-state index in [0.717, 1.165) is 16.7 Å². The van der Waals surface area contributed by atoms with Gasteiger partial charge in [0.25, 0.3) is 19.6 Å². The highest BCUT2D eigenvalue weighted by Gasteiger charge is 2.40. The van der Waals surface area contributed by atoms with E-state index in [1.807, 2.05) is 27.0 Å². The van der Waals surface area contributed by atoms with Crippen molar-refractivity contribution in [2.75, 3.05) is 77.4 Å². The number of nitrogens with one attached hydrogen (secondary N) is 2. The molecule has 3 unspecified atom stereocenters. The lowest BCUT2D eigenvalue weighted by molar-refractivity contribution is -0.223. The molecule has 113 heavy (non-hydrogen) atoms. The standard InChI is InChI=1S/C60H73N8O21PS6.C17H4/c1-35(92-91-6)87-46-30-49(88-47(46)32-86-90(74,75)76)68-31-37(56(63)66-59(68)73)14-10-24-64-48(70)33-83-27-28-84-50(93-94-60(2,3)4)34-85-39-17-9-13-36(29-39)57(71)65-25-11-15-38(69)16-12-26-67(5)58(72)41-19-8-7-18-40(41)51-42-20-22-44(61)54(95(77,78)79)52(42)89-53-43(51)21-23-45(62)55(53)96(80,81)82;1-3-5-7-9-11-13-15-17-16-14-12-10-8-6-4-2/h7-9,13,17-23,29,31,35,46-47,49-50,61H,11-12,15-16,24-28,30,32-34,62H2,1-6H3,(H,64,70)(H,65,71)(H2,63,66,73)(H2,74,75,76)(H,77,78,79)(H,80,81,82);1H,2H3/p-2/t35-,46?,47-,49-,50?;/m1./s1. The summed E-state index contributed by atoms with van der Waals surface area (Å²) in [6.45, 7) is 9.08. The lowest BCUT2D eigenvalue weighted by Gasteiger charge is -2.24. The summed E-state index contributed by atoms with van der Waals surface area (Å²) in [5.41, 5.74) is 9.75. The van der Waals surface area contributed by atoms with Crippen molar-refractivity contribution in [2.24, 2.45) is 0 Å². The smallest absolute Gasteiger partial charge is 0.351 e. The van der Waals surface area contributed by atoms with Gasteiger partial charge in [-0.1, -0.05) is 106 Å². The third-order valence-corrected chi connectivity index (χ3v) is 22.6. The molecule has 3 aliphatic rings. The number of hydrogen-bond donors (Lipinski definition) is 6. The van der Waals surface area contributed by atoms with Crippen LogP contribution < -0.4 is 48.2 Å². The molecule has 3 aromatic carbocycles. The molecule has 1 saturated heterocycles. The predicted molar refractivity (Wildman–Crippen MR) is 425 cm³/mol. The van der Waals surface area contributed by atoms with E-state index < -0.39 is 114 Å². The van der Waals surface area contributed by atoms with Gasteiger partial charge < -0.3 is 78.5 Å². The number of aromatic nitrogens is 2. The molecule has 4 aromatic rings. The second-order valence-corrected chi connectivity index (χ2v) is 34.1. The number of carbonyl (C=O) groups excluding carboxylic acids is 4. The molecule has 2 aliphatic heterocycles. The van der Waals surface area contributed by atoms with Crippen molar-refractivity contribution in [3.8, 4) is 135 Å². The lowest BCUT2D eigenvalue weighted by Crippen LogP contribution is -2.47. The van der Waals surface area contributed by atoms with E-state index in [9.17, 15) is 59.4 Å². The molecule has 6 atom stereocenters. The molecule has 0 saturated carbocycles. The maximum atomic E-state index is 14.2. The largest absolute Gasteiger partial charge is 0.756 e. The van der Waals surface area contributed by atoms with Crippen LogP contribution in [0.4, 0.5) is 11.5 Å². The zero-order valence-electron chi connectivity index (χ0n) is 61.7. The van der Waals surface area contributed by atoms with Crippen LogP contribution in [0.15, 0.2) is 98.0 Å². The number of ketones is 1. The van der Waals surface area contributed by atoms with E-state index >= 15 is 0 Å². The molecule has 7 rings (SSSR count). The van der Waals surface area contributed by atoms with Gasteiger partial charge in [0, 0.05) is 84.0 Å². The first-order chi connectivity index (χ1) is 53.6. The number of nitrogen functional groups attached to an aromatic ring is 2. The topological polar surface area (TPSA) is 451 Å². The Morgan fingerprint density at radius 2 is 1.54 bits per heavy atom. The van der Waals surface area contributed by atoms with Gasteiger partial charge in [-0.2, -0.15) is 4.98 Å². The molecular weight excluding hydrogens is 1600 g/mol. The number of terminal acetylenes is 1. The van der Waals surface area contributed by atoms with Gasteiger partial charge in [0.2, 0.25) is 11.3 Å². The van der Waals surface area contributed by atoms with Gasteiger partial charge in [0.1, 0.15) is 78.9 Å². The van der Waals surface area contributed by atoms with Crippen LogP contribution in [-0.2, 0) is 57.9 Å². The molecule has 0 spiro atoms. The van der Waals surface area contributed by atoms with Crippen molar-refractivity contribution in [3.05, 3.63) is 112 Å². The van der Waals surface area contributed by atoms with E-state index in [1.54, 1.807) is 61.0 Å². The maximum Gasteiger partial charge on any atom is 0.351 e. The third-order valence-electron chi connectivity index (χ3n) is 14.8. The molecule has 29 nitrogen and oxygen atoms in total. The number of anilines is 2. The molecule has 0 bridgehead atoms. The Labute approximate surface area is 670 Å². The molecule has 36 heteroatoms. The SMILES string of the molecule is C#CC#CC#CC#CC#CC#CC#CC#CC.CSS[C@H](C)OC1C[C@H](n2cc(C#CCNC(=O)COCCOC(COc3cccc(C(=O)NCCCC(=O)CCCN(C)C(=O)c4ccccc4-c4c5ccc(=[NH2+])c(S(=O)(=O)[O-])c-5oc5c(S(=O)(=O)[O-])c(N)ccc45)c3)SSC(C)(C)C)c(N)nc2=O)O[C@@H]1COP(=O)([O-])O. The van der Waals surface area contributed by atoms with Crippen molar-refractivity contribution in [1.29, 1.82) is 0 Å². The maximum absolute atomic E-state index is 14.2. The summed E-state index contributed by atoms with van der Waals surface area (Å²) < 4.78 is 128. The van der Waals surface area contributed by atoms with Crippen LogP contribution in [0, 0.1) is 107 Å². The van der Waals surface area contributed by atoms with Gasteiger partial charge in [-0.05, 0) is 164 Å².